The number of unbranched alkanes of at least 4 members (excludes halogenated alkanes) is 1. The average Bonchev–Trinajstić information content (AvgIpc) is 3.12. The lowest BCUT2D eigenvalue weighted by molar-refractivity contribution is 0.299. The van der Waals surface area contributed by atoms with E-state index in [1.54, 1.807) is 0 Å². The van der Waals surface area contributed by atoms with Crippen LogP contribution >= 0.6 is 11.6 Å². The van der Waals surface area contributed by atoms with E-state index in [1.165, 1.54) is 11.1 Å². The van der Waals surface area contributed by atoms with Crippen LogP contribution in [0.1, 0.15) is 49.6 Å². The van der Waals surface area contributed by atoms with E-state index in [9.17, 15) is 0 Å². The van der Waals surface area contributed by atoms with Gasteiger partial charge in [-0.05, 0) is 54.2 Å². The van der Waals surface area contributed by atoms with Crippen LogP contribution in [0.3, 0.4) is 0 Å². The Morgan fingerprint density at radius 1 is 0.903 bits per heavy atom. The quantitative estimate of drug-likeness (QED) is 0.260. The molecule has 0 aliphatic heterocycles. The topological polar surface area (TPSA) is 27.1 Å². The SMILES string of the molecule is CC(C)c1ccccc1OCCCCn1c(Cc2ccccc2Cl)nc2ccccc21. The predicted molar refractivity (Wildman–Crippen MR) is 129 cm³/mol. The summed E-state index contributed by atoms with van der Waals surface area (Å²) in [5, 5.41) is 0.790. The van der Waals surface area contributed by atoms with Gasteiger partial charge in [-0.3, -0.25) is 0 Å². The van der Waals surface area contributed by atoms with Gasteiger partial charge in [-0.2, -0.15) is 0 Å². The highest BCUT2D eigenvalue weighted by molar-refractivity contribution is 6.31. The number of rotatable bonds is 9. The molecule has 0 atom stereocenters. The van der Waals surface area contributed by atoms with Crippen molar-refractivity contribution in [2.24, 2.45) is 0 Å². The van der Waals surface area contributed by atoms with E-state index in [2.05, 4.69) is 60.9 Å². The Kier molecular flexibility index (Phi) is 6.93. The van der Waals surface area contributed by atoms with Gasteiger partial charge in [0.25, 0.3) is 0 Å². The van der Waals surface area contributed by atoms with Gasteiger partial charge in [-0.1, -0.05) is 74.0 Å². The molecule has 31 heavy (non-hydrogen) atoms. The van der Waals surface area contributed by atoms with Crippen molar-refractivity contribution in [2.75, 3.05) is 6.61 Å². The van der Waals surface area contributed by atoms with Crippen LogP contribution in [-0.2, 0) is 13.0 Å². The van der Waals surface area contributed by atoms with Crippen LogP contribution in [0.2, 0.25) is 5.02 Å². The lowest BCUT2D eigenvalue weighted by Gasteiger charge is -2.14. The van der Waals surface area contributed by atoms with Gasteiger partial charge in [0.05, 0.1) is 17.6 Å². The summed E-state index contributed by atoms with van der Waals surface area (Å²) in [5.74, 6) is 2.52. The Hall–Kier alpha value is -2.78. The van der Waals surface area contributed by atoms with E-state index in [1.807, 2.05) is 30.3 Å². The number of benzene rings is 3. The maximum atomic E-state index is 6.41. The molecule has 0 amide bonds. The second-order valence-corrected chi connectivity index (χ2v) is 8.59. The Balaban J connectivity index is 1.43. The molecule has 0 saturated carbocycles. The van der Waals surface area contributed by atoms with Crippen LogP contribution < -0.4 is 4.74 Å². The zero-order valence-electron chi connectivity index (χ0n) is 18.2. The van der Waals surface area contributed by atoms with Gasteiger partial charge in [0.1, 0.15) is 11.6 Å². The fourth-order valence-corrected chi connectivity index (χ4v) is 4.17. The number of halogens is 1. The molecule has 0 radical (unpaired) electrons. The van der Waals surface area contributed by atoms with E-state index in [0.29, 0.717) is 5.92 Å². The van der Waals surface area contributed by atoms with E-state index in [-0.39, 0.29) is 0 Å². The van der Waals surface area contributed by atoms with Gasteiger partial charge in [-0.25, -0.2) is 4.98 Å². The van der Waals surface area contributed by atoms with Crippen LogP contribution in [0, 0.1) is 0 Å². The largest absolute Gasteiger partial charge is 0.493 e. The van der Waals surface area contributed by atoms with E-state index < -0.39 is 0 Å². The summed E-state index contributed by atoms with van der Waals surface area (Å²) in [7, 11) is 0. The highest BCUT2D eigenvalue weighted by Crippen LogP contribution is 2.26. The fraction of sp³-hybridized carbons (Fsp3) is 0.296. The average molecular weight is 433 g/mol. The number of nitrogens with zero attached hydrogens (tertiary/aromatic N) is 2. The molecule has 0 bridgehead atoms. The van der Waals surface area contributed by atoms with E-state index in [0.717, 1.165) is 60.1 Å². The molecule has 3 aromatic carbocycles. The molecule has 0 spiro atoms. The highest BCUT2D eigenvalue weighted by Gasteiger charge is 2.12. The van der Waals surface area contributed by atoms with Crippen LogP contribution in [0.4, 0.5) is 0 Å². The molecular formula is C27H29ClN2O. The van der Waals surface area contributed by atoms with Crippen molar-refractivity contribution in [3.05, 3.63) is 94.8 Å². The molecular weight excluding hydrogens is 404 g/mol. The third kappa shape index (κ3) is 5.11. The molecule has 4 heteroatoms. The number of hydrogen-bond acceptors (Lipinski definition) is 2. The molecule has 4 rings (SSSR count). The minimum absolute atomic E-state index is 0.459. The van der Waals surface area contributed by atoms with Crippen molar-refractivity contribution in [3.8, 4) is 5.75 Å². The van der Waals surface area contributed by atoms with Crippen LogP contribution in [0.5, 0.6) is 5.75 Å². The Morgan fingerprint density at radius 3 is 2.48 bits per heavy atom. The summed E-state index contributed by atoms with van der Waals surface area (Å²) < 4.78 is 8.44. The normalized spacial score (nSPS) is 11.4. The third-order valence-corrected chi connectivity index (χ3v) is 5.98. The Labute approximate surface area is 189 Å². The van der Waals surface area contributed by atoms with Gasteiger partial charge in [-0.15, -0.1) is 0 Å². The first-order chi connectivity index (χ1) is 15.1. The number of imidazole rings is 1. The molecule has 0 unspecified atom stereocenters. The van der Waals surface area contributed by atoms with Crippen molar-refractivity contribution in [1.29, 1.82) is 0 Å². The number of ether oxygens (including phenoxy) is 1. The Morgan fingerprint density at radius 2 is 1.65 bits per heavy atom. The third-order valence-electron chi connectivity index (χ3n) is 5.61. The smallest absolute Gasteiger partial charge is 0.122 e. The monoisotopic (exact) mass is 432 g/mol. The first-order valence-corrected chi connectivity index (χ1v) is 11.4. The number of fused-ring (bicyclic) bond motifs is 1. The Bertz CT molecular complexity index is 1150. The van der Waals surface area contributed by atoms with Gasteiger partial charge < -0.3 is 9.30 Å². The standard InChI is InChI=1S/C27H29ClN2O/c1-20(2)22-12-4-8-16-26(22)31-18-10-9-17-30-25-15-7-6-14-24(25)29-27(30)19-21-11-3-5-13-23(21)28/h3-8,11-16,20H,9-10,17-19H2,1-2H3. The summed E-state index contributed by atoms with van der Waals surface area (Å²) in [6.45, 7) is 6.03. The fourth-order valence-electron chi connectivity index (χ4n) is 3.97. The van der Waals surface area contributed by atoms with Crippen LogP contribution in [-0.4, -0.2) is 16.2 Å². The molecule has 1 aromatic heterocycles. The molecule has 0 saturated heterocycles. The predicted octanol–water partition coefficient (Wildman–Crippen LogP) is 7.26. The highest BCUT2D eigenvalue weighted by atomic mass is 35.5. The lowest BCUT2D eigenvalue weighted by Crippen LogP contribution is -2.07. The molecule has 160 valence electrons. The first kappa shape index (κ1) is 21.5. The van der Waals surface area contributed by atoms with Crippen LogP contribution in [0.25, 0.3) is 11.0 Å². The summed E-state index contributed by atoms with van der Waals surface area (Å²) >= 11 is 6.41. The van der Waals surface area contributed by atoms with Gasteiger partial charge in [0.15, 0.2) is 0 Å². The second-order valence-electron chi connectivity index (χ2n) is 8.18. The molecule has 0 fully saturated rings. The van der Waals surface area contributed by atoms with Crippen molar-refractivity contribution in [3.63, 3.8) is 0 Å². The van der Waals surface area contributed by atoms with E-state index in [4.69, 9.17) is 21.3 Å². The van der Waals surface area contributed by atoms with Gasteiger partial charge in [0.2, 0.25) is 0 Å². The van der Waals surface area contributed by atoms with Crippen molar-refractivity contribution in [1.82, 2.24) is 9.55 Å². The summed E-state index contributed by atoms with van der Waals surface area (Å²) in [6.07, 6.45) is 2.75. The number of aryl methyl sites for hydroxylation is 1. The molecule has 0 aliphatic carbocycles. The lowest BCUT2D eigenvalue weighted by atomic mass is 10.0. The first-order valence-electron chi connectivity index (χ1n) is 11.0. The molecule has 0 aliphatic rings. The number of para-hydroxylation sites is 3. The maximum absolute atomic E-state index is 6.41. The minimum Gasteiger partial charge on any atom is -0.493 e. The zero-order chi connectivity index (χ0) is 21.6. The minimum atomic E-state index is 0.459. The van der Waals surface area contributed by atoms with Crippen molar-refractivity contribution < 1.29 is 4.74 Å². The van der Waals surface area contributed by atoms with Gasteiger partial charge in [0, 0.05) is 18.0 Å². The molecule has 3 nitrogen and oxygen atoms in total. The number of aromatic nitrogens is 2. The molecule has 0 N–H and O–H groups in total. The van der Waals surface area contributed by atoms with E-state index >= 15 is 0 Å². The molecule has 4 aromatic rings. The maximum Gasteiger partial charge on any atom is 0.122 e. The second kappa shape index (κ2) is 10.0. The number of hydrogen-bond donors (Lipinski definition) is 0. The van der Waals surface area contributed by atoms with Crippen molar-refractivity contribution in [2.45, 2.75) is 45.6 Å². The molecule has 1 heterocycles. The van der Waals surface area contributed by atoms with Gasteiger partial charge >= 0.3 is 0 Å². The van der Waals surface area contributed by atoms with Crippen molar-refractivity contribution >= 4 is 22.6 Å². The van der Waals surface area contributed by atoms with Crippen LogP contribution in [0.15, 0.2) is 72.8 Å². The zero-order valence-corrected chi connectivity index (χ0v) is 19.0. The summed E-state index contributed by atoms with van der Waals surface area (Å²) in [6, 6.07) is 24.7. The summed E-state index contributed by atoms with van der Waals surface area (Å²) in [5.41, 5.74) is 4.58. The summed E-state index contributed by atoms with van der Waals surface area (Å²) in [4.78, 5) is 4.90.